The molecule has 1 aromatic rings. The van der Waals surface area contributed by atoms with Crippen molar-refractivity contribution in [2.45, 2.75) is 5.75 Å². The molecular weight excluding hydrogens is 176 g/mol. The smallest absolute Gasteiger partial charge is 0.339 e. The van der Waals surface area contributed by atoms with Gasteiger partial charge >= 0.3 is 5.97 Å². The molecule has 0 heterocycles. The number of benzene rings is 1. The molecule has 1 aromatic carbocycles. The maximum atomic E-state index is 10.5. The van der Waals surface area contributed by atoms with Crippen molar-refractivity contribution in [2.24, 2.45) is 0 Å². The number of carbonyl (C=O) groups is 1. The summed E-state index contributed by atoms with van der Waals surface area (Å²) >= 11 is 3.99. The molecule has 0 radical (unpaired) electrons. The molecule has 3 nitrogen and oxygen atoms in total. The second kappa shape index (κ2) is 3.49. The number of rotatable bonds is 2. The molecule has 0 saturated carbocycles. The molecule has 0 fully saturated rings. The molecule has 4 heteroatoms. The number of phenols is 1. The normalized spacial score (nSPS) is 9.75. The van der Waals surface area contributed by atoms with Gasteiger partial charge in [0.05, 0.1) is 0 Å². The summed E-state index contributed by atoms with van der Waals surface area (Å²) in [6, 6.07) is 4.40. The van der Waals surface area contributed by atoms with Crippen molar-refractivity contribution in [1.82, 2.24) is 0 Å². The second-order valence-corrected chi connectivity index (χ2v) is 2.63. The van der Waals surface area contributed by atoms with Crippen LogP contribution in [0.2, 0.25) is 0 Å². The first kappa shape index (κ1) is 8.93. The van der Waals surface area contributed by atoms with Crippen molar-refractivity contribution in [3.05, 3.63) is 29.3 Å². The average molecular weight is 184 g/mol. The average Bonchev–Trinajstić information content (AvgIpc) is 2.05. The Labute approximate surface area is 75.1 Å². The molecule has 0 amide bonds. The van der Waals surface area contributed by atoms with Crippen LogP contribution < -0.4 is 0 Å². The maximum absolute atomic E-state index is 10.5. The highest BCUT2D eigenvalue weighted by Crippen LogP contribution is 2.18. The summed E-state index contributed by atoms with van der Waals surface area (Å²) in [6.45, 7) is 0. The van der Waals surface area contributed by atoms with Crippen LogP contribution in [0, 0.1) is 0 Å². The van der Waals surface area contributed by atoms with Crippen LogP contribution in [0.3, 0.4) is 0 Å². The van der Waals surface area contributed by atoms with Gasteiger partial charge in [-0.15, -0.1) is 0 Å². The van der Waals surface area contributed by atoms with Crippen LogP contribution in [-0.2, 0) is 5.75 Å². The van der Waals surface area contributed by atoms with Crippen molar-refractivity contribution in [1.29, 1.82) is 0 Å². The molecule has 0 unspecified atom stereocenters. The van der Waals surface area contributed by atoms with Gasteiger partial charge in [0.25, 0.3) is 0 Å². The Hall–Kier alpha value is -1.16. The first-order valence-electron chi connectivity index (χ1n) is 3.31. The Kier molecular flexibility index (Phi) is 2.60. The minimum Gasteiger partial charge on any atom is -0.507 e. The Bertz CT molecular complexity index is 309. The van der Waals surface area contributed by atoms with E-state index in [0.29, 0.717) is 5.75 Å². The Morgan fingerprint density at radius 3 is 2.67 bits per heavy atom. The Morgan fingerprint density at radius 1 is 1.50 bits per heavy atom. The molecule has 2 N–H and O–H groups in total. The third-order valence-corrected chi connectivity index (χ3v) is 1.84. The summed E-state index contributed by atoms with van der Waals surface area (Å²) in [7, 11) is 0. The van der Waals surface area contributed by atoms with Crippen LogP contribution in [0.15, 0.2) is 18.2 Å². The molecule has 1 rings (SSSR count). The third kappa shape index (κ3) is 1.71. The number of carboxylic acid groups (broad SMARTS) is 1. The summed E-state index contributed by atoms with van der Waals surface area (Å²) in [5, 5.41) is 17.7. The van der Waals surface area contributed by atoms with Crippen molar-refractivity contribution >= 4 is 18.6 Å². The molecule has 0 aliphatic carbocycles. The van der Waals surface area contributed by atoms with E-state index in [2.05, 4.69) is 12.6 Å². The van der Waals surface area contributed by atoms with Crippen LogP contribution in [0.5, 0.6) is 5.75 Å². The zero-order valence-corrected chi connectivity index (χ0v) is 7.08. The highest BCUT2D eigenvalue weighted by atomic mass is 32.1. The van der Waals surface area contributed by atoms with Gasteiger partial charge in [-0.3, -0.25) is 0 Å². The molecule has 0 spiro atoms. The van der Waals surface area contributed by atoms with Gasteiger partial charge in [-0.1, -0.05) is 6.07 Å². The van der Waals surface area contributed by atoms with Gasteiger partial charge < -0.3 is 10.2 Å². The van der Waals surface area contributed by atoms with Crippen LogP contribution in [0.4, 0.5) is 0 Å². The van der Waals surface area contributed by atoms with Gasteiger partial charge in [0, 0.05) is 5.75 Å². The summed E-state index contributed by atoms with van der Waals surface area (Å²) in [6.07, 6.45) is 0. The van der Waals surface area contributed by atoms with Gasteiger partial charge in [0.15, 0.2) is 0 Å². The molecule has 0 saturated heterocycles. The number of aromatic carboxylic acids is 1. The lowest BCUT2D eigenvalue weighted by Gasteiger charge is -2.00. The number of hydrogen-bond donors (Lipinski definition) is 3. The first-order chi connectivity index (χ1) is 5.65. The molecule has 0 aliphatic rings. The van der Waals surface area contributed by atoms with Gasteiger partial charge in [-0.25, -0.2) is 4.79 Å². The summed E-state index contributed by atoms with van der Waals surface area (Å²) in [5.74, 6) is -0.884. The van der Waals surface area contributed by atoms with Crippen LogP contribution in [0.25, 0.3) is 0 Å². The number of hydrogen-bond acceptors (Lipinski definition) is 3. The molecule has 0 bridgehead atoms. The fraction of sp³-hybridized carbons (Fsp3) is 0.125. The van der Waals surface area contributed by atoms with Gasteiger partial charge in [0.1, 0.15) is 11.3 Å². The molecular formula is C8H8O3S. The Balaban J connectivity index is 3.17. The molecule has 0 aliphatic heterocycles. The van der Waals surface area contributed by atoms with E-state index in [1.807, 2.05) is 0 Å². The molecule has 12 heavy (non-hydrogen) atoms. The second-order valence-electron chi connectivity index (χ2n) is 2.31. The van der Waals surface area contributed by atoms with Gasteiger partial charge in [-0.2, -0.15) is 12.6 Å². The number of thiol groups is 1. The largest absolute Gasteiger partial charge is 0.507 e. The SMILES string of the molecule is O=C(O)c1cc(CS)ccc1O. The fourth-order valence-electron chi connectivity index (χ4n) is 0.853. The number of carboxylic acids is 1. The minimum absolute atomic E-state index is 0.0819. The quantitative estimate of drug-likeness (QED) is 0.611. The van der Waals surface area contributed by atoms with E-state index in [1.54, 1.807) is 6.07 Å². The van der Waals surface area contributed by atoms with E-state index < -0.39 is 5.97 Å². The van der Waals surface area contributed by atoms with Crippen molar-refractivity contribution in [3.8, 4) is 5.75 Å². The first-order valence-corrected chi connectivity index (χ1v) is 3.94. The van der Waals surface area contributed by atoms with E-state index in [1.165, 1.54) is 12.1 Å². The minimum atomic E-state index is -1.13. The van der Waals surface area contributed by atoms with Gasteiger partial charge in [0.2, 0.25) is 0 Å². The van der Waals surface area contributed by atoms with Crippen LogP contribution in [0.1, 0.15) is 15.9 Å². The zero-order valence-electron chi connectivity index (χ0n) is 6.19. The van der Waals surface area contributed by atoms with E-state index in [0.717, 1.165) is 5.56 Å². The third-order valence-electron chi connectivity index (χ3n) is 1.47. The predicted octanol–water partition coefficient (Wildman–Crippen LogP) is 1.52. The summed E-state index contributed by atoms with van der Waals surface area (Å²) in [4.78, 5) is 10.5. The van der Waals surface area contributed by atoms with Crippen LogP contribution in [-0.4, -0.2) is 16.2 Å². The molecule has 0 aromatic heterocycles. The number of aromatic hydroxyl groups is 1. The van der Waals surface area contributed by atoms with Crippen LogP contribution >= 0.6 is 12.6 Å². The highest BCUT2D eigenvalue weighted by molar-refractivity contribution is 7.79. The maximum Gasteiger partial charge on any atom is 0.339 e. The van der Waals surface area contributed by atoms with E-state index in [4.69, 9.17) is 10.2 Å². The lowest BCUT2D eigenvalue weighted by Crippen LogP contribution is -1.97. The lowest BCUT2D eigenvalue weighted by molar-refractivity contribution is 0.0693. The standard InChI is InChI=1S/C8H8O3S/c9-7-2-1-5(4-12)3-6(7)8(10)11/h1-3,9,12H,4H2,(H,10,11). The highest BCUT2D eigenvalue weighted by Gasteiger charge is 2.08. The summed E-state index contributed by atoms with van der Waals surface area (Å²) in [5.41, 5.74) is 0.690. The van der Waals surface area contributed by atoms with Gasteiger partial charge in [-0.05, 0) is 17.7 Å². The predicted molar refractivity (Wildman–Crippen MR) is 47.8 cm³/mol. The Morgan fingerprint density at radius 2 is 2.17 bits per heavy atom. The molecule has 64 valence electrons. The van der Waals surface area contributed by atoms with E-state index >= 15 is 0 Å². The van der Waals surface area contributed by atoms with E-state index in [9.17, 15) is 4.79 Å². The fourth-order valence-corrected chi connectivity index (χ4v) is 1.05. The van der Waals surface area contributed by atoms with Crippen molar-refractivity contribution in [2.75, 3.05) is 0 Å². The monoisotopic (exact) mass is 184 g/mol. The topological polar surface area (TPSA) is 57.5 Å². The summed E-state index contributed by atoms with van der Waals surface area (Å²) < 4.78 is 0. The van der Waals surface area contributed by atoms with Crippen molar-refractivity contribution < 1.29 is 15.0 Å². The lowest BCUT2D eigenvalue weighted by atomic mass is 10.1. The van der Waals surface area contributed by atoms with Crippen molar-refractivity contribution in [3.63, 3.8) is 0 Å². The van der Waals surface area contributed by atoms with E-state index in [-0.39, 0.29) is 11.3 Å². The zero-order chi connectivity index (χ0) is 9.14. The molecule has 0 atom stereocenters.